The third-order valence-corrected chi connectivity index (χ3v) is 4.12. The van der Waals surface area contributed by atoms with Gasteiger partial charge in [-0.1, -0.05) is 0 Å². The van der Waals surface area contributed by atoms with Crippen molar-refractivity contribution >= 4 is 17.7 Å². The van der Waals surface area contributed by atoms with Gasteiger partial charge in [0, 0.05) is 7.11 Å². The molecule has 2 fully saturated rings. The molecule has 2 aliphatic heterocycles. The minimum Gasteiger partial charge on any atom is -0.384 e. The molecule has 7 heteroatoms. The summed E-state index contributed by atoms with van der Waals surface area (Å²) in [6.07, 6.45) is 1.30. The maximum Gasteiger partial charge on any atom is 0.249 e. The van der Waals surface area contributed by atoms with E-state index in [1.165, 1.54) is 4.90 Å². The van der Waals surface area contributed by atoms with E-state index in [9.17, 15) is 14.4 Å². The zero-order chi connectivity index (χ0) is 14.8. The number of hydrogen-bond donors (Lipinski definition) is 2. The van der Waals surface area contributed by atoms with E-state index < -0.39 is 23.3 Å². The van der Waals surface area contributed by atoms with Gasteiger partial charge in [0.1, 0.15) is 12.6 Å². The van der Waals surface area contributed by atoms with Crippen LogP contribution in [-0.4, -0.2) is 62.0 Å². The van der Waals surface area contributed by atoms with Gasteiger partial charge in [0.15, 0.2) is 0 Å². The highest BCUT2D eigenvalue weighted by Gasteiger charge is 2.46. The van der Waals surface area contributed by atoms with E-state index in [1.807, 2.05) is 0 Å². The van der Waals surface area contributed by atoms with E-state index in [0.717, 1.165) is 13.1 Å². The van der Waals surface area contributed by atoms with Crippen molar-refractivity contribution < 1.29 is 19.1 Å². The van der Waals surface area contributed by atoms with Crippen LogP contribution in [0.4, 0.5) is 0 Å². The Kier molecular flexibility index (Phi) is 4.39. The number of nitrogens with one attached hydrogen (secondary N) is 2. The lowest BCUT2D eigenvalue weighted by Gasteiger charge is -2.42. The lowest BCUT2D eigenvalue weighted by atomic mass is 9.78. The quantitative estimate of drug-likeness (QED) is 0.640. The highest BCUT2D eigenvalue weighted by atomic mass is 16.5. The summed E-state index contributed by atoms with van der Waals surface area (Å²) in [6.45, 7) is 3.35. The Balaban J connectivity index is 2.22. The van der Waals surface area contributed by atoms with E-state index in [0.29, 0.717) is 19.4 Å². The van der Waals surface area contributed by atoms with Crippen LogP contribution in [0.5, 0.6) is 0 Å². The minimum absolute atomic E-state index is 0.0648. The normalized spacial score (nSPS) is 26.3. The monoisotopic (exact) mass is 283 g/mol. The van der Waals surface area contributed by atoms with E-state index in [2.05, 4.69) is 10.6 Å². The van der Waals surface area contributed by atoms with Crippen molar-refractivity contribution in [3.8, 4) is 0 Å². The topological polar surface area (TPSA) is 87.7 Å². The van der Waals surface area contributed by atoms with Crippen LogP contribution in [0.2, 0.25) is 0 Å². The van der Waals surface area contributed by atoms with Crippen LogP contribution in [-0.2, 0) is 19.1 Å². The molecule has 7 nitrogen and oxygen atoms in total. The van der Waals surface area contributed by atoms with Crippen LogP contribution in [0.25, 0.3) is 0 Å². The van der Waals surface area contributed by atoms with Gasteiger partial charge >= 0.3 is 0 Å². The summed E-state index contributed by atoms with van der Waals surface area (Å²) >= 11 is 0. The van der Waals surface area contributed by atoms with Crippen LogP contribution in [0, 0.1) is 5.41 Å². The third kappa shape index (κ3) is 2.69. The molecule has 20 heavy (non-hydrogen) atoms. The molecule has 2 rings (SSSR count). The van der Waals surface area contributed by atoms with Crippen molar-refractivity contribution in [2.45, 2.75) is 25.8 Å². The van der Waals surface area contributed by atoms with Gasteiger partial charge in [-0.05, 0) is 32.9 Å². The Hall–Kier alpha value is -1.47. The smallest absolute Gasteiger partial charge is 0.249 e. The second kappa shape index (κ2) is 5.88. The summed E-state index contributed by atoms with van der Waals surface area (Å²) in [6, 6.07) is -0.621. The first kappa shape index (κ1) is 14.9. The first-order chi connectivity index (χ1) is 9.50. The minimum atomic E-state index is -0.633. The number of imide groups is 1. The molecule has 1 unspecified atom stereocenters. The Morgan fingerprint density at radius 3 is 2.65 bits per heavy atom. The van der Waals surface area contributed by atoms with Crippen LogP contribution in [0.3, 0.4) is 0 Å². The molecule has 0 bridgehead atoms. The molecule has 112 valence electrons. The highest BCUT2D eigenvalue weighted by Crippen LogP contribution is 2.32. The maximum absolute atomic E-state index is 12.9. The van der Waals surface area contributed by atoms with Crippen molar-refractivity contribution in [2.24, 2.45) is 5.41 Å². The number of nitrogens with zero attached hydrogens (tertiary/aromatic N) is 1. The zero-order valence-corrected chi connectivity index (χ0v) is 11.9. The number of carbonyl (C=O) groups excluding carboxylic acids is 3. The standard InChI is InChI=1S/C13H21N3O4/c1-9-11(18)15-10(17)7-16(9)12(19)13(8-20-2)3-5-14-6-4-13/h9,14H,3-8H2,1-2H3,(H,15,17,18). The lowest BCUT2D eigenvalue weighted by Crippen LogP contribution is -2.63. The fraction of sp³-hybridized carbons (Fsp3) is 0.769. The number of rotatable bonds is 3. The van der Waals surface area contributed by atoms with E-state index in [-0.39, 0.29) is 12.5 Å². The van der Waals surface area contributed by atoms with Gasteiger partial charge in [-0.3, -0.25) is 19.7 Å². The first-order valence-electron chi connectivity index (χ1n) is 6.84. The van der Waals surface area contributed by atoms with Crippen LogP contribution < -0.4 is 10.6 Å². The van der Waals surface area contributed by atoms with Crippen LogP contribution >= 0.6 is 0 Å². The average molecular weight is 283 g/mol. The molecule has 0 aromatic rings. The van der Waals surface area contributed by atoms with Gasteiger partial charge in [0.05, 0.1) is 12.0 Å². The number of piperazine rings is 1. The number of hydrogen-bond acceptors (Lipinski definition) is 5. The second-order valence-electron chi connectivity index (χ2n) is 5.48. The molecule has 0 aliphatic carbocycles. The Labute approximate surface area is 118 Å². The largest absolute Gasteiger partial charge is 0.384 e. The fourth-order valence-electron chi connectivity index (χ4n) is 2.87. The number of methoxy groups -OCH3 is 1. The molecular weight excluding hydrogens is 262 g/mol. The van der Waals surface area contributed by atoms with Gasteiger partial charge in [-0.25, -0.2) is 0 Å². The fourth-order valence-corrected chi connectivity index (χ4v) is 2.87. The first-order valence-corrected chi connectivity index (χ1v) is 6.84. The van der Waals surface area contributed by atoms with Crippen molar-refractivity contribution in [3.63, 3.8) is 0 Å². The summed E-state index contributed by atoms with van der Waals surface area (Å²) in [5.74, 6) is -1.00. The molecule has 2 saturated heterocycles. The summed E-state index contributed by atoms with van der Waals surface area (Å²) in [4.78, 5) is 37.4. The SMILES string of the molecule is COCC1(C(=O)N2CC(=O)NC(=O)C2C)CCNCC1. The lowest BCUT2D eigenvalue weighted by molar-refractivity contribution is -0.159. The third-order valence-electron chi connectivity index (χ3n) is 4.12. The number of carbonyl (C=O) groups is 3. The number of ether oxygens (including phenoxy) is 1. The molecule has 0 aromatic carbocycles. The predicted molar refractivity (Wildman–Crippen MR) is 70.7 cm³/mol. The predicted octanol–water partition coefficient (Wildman–Crippen LogP) is -1.12. The number of amides is 3. The maximum atomic E-state index is 12.9. The number of piperidine rings is 1. The molecule has 0 radical (unpaired) electrons. The molecular formula is C13H21N3O4. The molecule has 0 aromatic heterocycles. The van der Waals surface area contributed by atoms with Crippen molar-refractivity contribution in [2.75, 3.05) is 33.4 Å². The average Bonchev–Trinajstić information content (AvgIpc) is 2.43. The molecule has 2 aliphatic rings. The Bertz CT molecular complexity index is 412. The zero-order valence-electron chi connectivity index (χ0n) is 11.9. The van der Waals surface area contributed by atoms with E-state index in [4.69, 9.17) is 4.74 Å². The van der Waals surface area contributed by atoms with Crippen molar-refractivity contribution in [3.05, 3.63) is 0 Å². The summed E-state index contributed by atoms with van der Waals surface area (Å²) in [5, 5.41) is 5.46. The van der Waals surface area contributed by atoms with Gasteiger partial charge in [0.25, 0.3) is 0 Å². The van der Waals surface area contributed by atoms with E-state index >= 15 is 0 Å². The highest BCUT2D eigenvalue weighted by molar-refractivity contribution is 6.04. The summed E-state index contributed by atoms with van der Waals surface area (Å²) < 4.78 is 5.22. The van der Waals surface area contributed by atoms with Crippen molar-refractivity contribution in [1.82, 2.24) is 15.5 Å². The Morgan fingerprint density at radius 2 is 2.05 bits per heavy atom. The molecule has 0 spiro atoms. The molecule has 2 heterocycles. The summed E-state index contributed by atoms with van der Waals surface area (Å²) in [5.41, 5.74) is -0.633. The molecule has 3 amide bonds. The van der Waals surface area contributed by atoms with Gasteiger partial charge in [-0.2, -0.15) is 0 Å². The van der Waals surface area contributed by atoms with Crippen LogP contribution in [0.1, 0.15) is 19.8 Å². The van der Waals surface area contributed by atoms with Gasteiger partial charge < -0.3 is 15.0 Å². The summed E-state index contributed by atoms with van der Waals surface area (Å²) in [7, 11) is 1.56. The van der Waals surface area contributed by atoms with E-state index in [1.54, 1.807) is 14.0 Å². The van der Waals surface area contributed by atoms with Gasteiger partial charge in [-0.15, -0.1) is 0 Å². The molecule has 1 atom stereocenters. The van der Waals surface area contributed by atoms with Crippen molar-refractivity contribution in [1.29, 1.82) is 0 Å². The molecule has 2 N–H and O–H groups in total. The Morgan fingerprint density at radius 1 is 1.40 bits per heavy atom. The van der Waals surface area contributed by atoms with Crippen LogP contribution in [0.15, 0.2) is 0 Å². The second-order valence-corrected chi connectivity index (χ2v) is 5.48. The molecule has 0 saturated carbocycles. The van der Waals surface area contributed by atoms with Gasteiger partial charge in [0.2, 0.25) is 17.7 Å².